The van der Waals surface area contributed by atoms with Gasteiger partial charge in [-0.25, -0.2) is 9.97 Å². The number of para-hydroxylation sites is 2. The number of benzene rings is 7. The first-order chi connectivity index (χ1) is 24.3. The van der Waals surface area contributed by atoms with E-state index in [0.717, 1.165) is 44.9 Å². The summed E-state index contributed by atoms with van der Waals surface area (Å²) in [4.78, 5) is 10.3. The van der Waals surface area contributed by atoms with Crippen molar-refractivity contribution in [2.24, 2.45) is 0 Å². The molecule has 0 N–H and O–H groups in total. The molecule has 0 radical (unpaired) electrons. The Morgan fingerprint density at radius 1 is 0.306 bits per heavy atom. The van der Waals surface area contributed by atoms with E-state index in [9.17, 15) is 0 Å². The first-order valence-electron chi connectivity index (χ1n) is 16.6. The number of rotatable bonds is 6. The van der Waals surface area contributed by atoms with Gasteiger partial charge in [0.25, 0.3) is 0 Å². The van der Waals surface area contributed by atoms with Gasteiger partial charge in [-0.2, -0.15) is 0 Å². The Balaban J connectivity index is 1.27. The lowest BCUT2D eigenvalue weighted by molar-refractivity contribution is 1.16. The van der Waals surface area contributed by atoms with Crippen LogP contribution in [-0.4, -0.2) is 14.5 Å². The lowest BCUT2D eigenvalue weighted by Gasteiger charge is -2.15. The molecular formula is C46H31N3. The molecule has 0 bridgehead atoms. The topological polar surface area (TPSA) is 30.7 Å². The number of hydrogen-bond acceptors (Lipinski definition) is 2. The fourth-order valence-corrected chi connectivity index (χ4v) is 6.81. The van der Waals surface area contributed by atoms with Gasteiger partial charge in [0.05, 0.1) is 22.4 Å². The lowest BCUT2D eigenvalue weighted by atomic mass is 9.98. The minimum absolute atomic E-state index is 0.698. The third-order valence-electron chi connectivity index (χ3n) is 9.20. The highest BCUT2D eigenvalue weighted by atomic mass is 15.0. The summed E-state index contributed by atoms with van der Waals surface area (Å²) < 4.78 is 2.38. The van der Waals surface area contributed by atoms with Gasteiger partial charge in [0, 0.05) is 33.2 Å². The molecule has 0 unspecified atom stereocenters. The van der Waals surface area contributed by atoms with E-state index >= 15 is 0 Å². The smallest absolute Gasteiger partial charge is 0.160 e. The highest BCUT2D eigenvalue weighted by Gasteiger charge is 2.16. The number of aromatic nitrogens is 3. The Morgan fingerprint density at radius 3 is 1.33 bits per heavy atom. The van der Waals surface area contributed by atoms with Gasteiger partial charge >= 0.3 is 0 Å². The maximum atomic E-state index is 5.23. The summed E-state index contributed by atoms with van der Waals surface area (Å²) in [6.45, 7) is 0. The van der Waals surface area contributed by atoms with Gasteiger partial charge in [-0.05, 0) is 58.7 Å². The van der Waals surface area contributed by atoms with E-state index in [1.807, 2.05) is 24.3 Å². The third kappa shape index (κ3) is 5.38. The van der Waals surface area contributed by atoms with Crippen molar-refractivity contribution >= 4 is 21.8 Å². The average molecular weight is 626 g/mol. The molecule has 3 nitrogen and oxygen atoms in total. The van der Waals surface area contributed by atoms with Gasteiger partial charge in [0.1, 0.15) is 0 Å². The van der Waals surface area contributed by atoms with Crippen molar-refractivity contribution in [3.05, 3.63) is 188 Å². The first-order valence-corrected chi connectivity index (χ1v) is 16.6. The average Bonchev–Trinajstić information content (AvgIpc) is 3.53. The van der Waals surface area contributed by atoms with Crippen molar-refractivity contribution in [3.63, 3.8) is 0 Å². The number of fused-ring (bicyclic) bond motifs is 3. The Hall–Kier alpha value is -6.58. The molecule has 2 heterocycles. The predicted molar refractivity (Wildman–Crippen MR) is 204 cm³/mol. The molecule has 0 amide bonds. The molecule has 0 saturated heterocycles. The maximum Gasteiger partial charge on any atom is 0.160 e. The molecule has 0 aliphatic carbocycles. The second-order valence-corrected chi connectivity index (χ2v) is 12.3. The van der Waals surface area contributed by atoms with Crippen LogP contribution in [0.15, 0.2) is 188 Å². The molecule has 0 atom stereocenters. The molecule has 0 spiro atoms. The summed E-state index contributed by atoms with van der Waals surface area (Å²) in [5.74, 6) is 0.698. The summed E-state index contributed by atoms with van der Waals surface area (Å²) in [5.41, 5.74) is 12.9. The zero-order valence-corrected chi connectivity index (χ0v) is 26.7. The Morgan fingerprint density at radius 2 is 0.735 bits per heavy atom. The van der Waals surface area contributed by atoms with Crippen LogP contribution in [0, 0.1) is 0 Å². The van der Waals surface area contributed by atoms with Crippen molar-refractivity contribution in [2.75, 3.05) is 0 Å². The van der Waals surface area contributed by atoms with Crippen LogP contribution in [0.5, 0.6) is 0 Å². The van der Waals surface area contributed by atoms with Gasteiger partial charge in [-0.3, -0.25) is 0 Å². The largest absolute Gasteiger partial charge is 0.309 e. The van der Waals surface area contributed by atoms with Crippen LogP contribution in [-0.2, 0) is 0 Å². The fourth-order valence-electron chi connectivity index (χ4n) is 6.81. The van der Waals surface area contributed by atoms with Crippen LogP contribution in [0.25, 0.3) is 83.6 Å². The summed E-state index contributed by atoms with van der Waals surface area (Å²) in [6.07, 6.45) is 0. The van der Waals surface area contributed by atoms with Crippen LogP contribution in [0.4, 0.5) is 0 Å². The fraction of sp³-hybridized carbons (Fsp3) is 0. The molecule has 9 aromatic rings. The van der Waals surface area contributed by atoms with Crippen LogP contribution < -0.4 is 0 Å². The Kier molecular flexibility index (Phi) is 7.14. The summed E-state index contributed by atoms with van der Waals surface area (Å²) in [6, 6.07) is 66.2. The first kappa shape index (κ1) is 28.6. The van der Waals surface area contributed by atoms with Gasteiger partial charge in [0.15, 0.2) is 5.82 Å². The van der Waals surface area contributed by atoms with Crippen LogP contribution in [0.2, 0.25) is 0 Å². The van der Waals surface area contributed by atoms with Crippen molar-refractivity contribution in [1.29, 1.82) is 0 Å². The second-order valence-electron chi connectivity index (χ2n) is 12.3. The normalized spacial score (nSPS) is 11.3. The number of nitrogens with zero attached hydrogens (tertiary/aromatic N) is 3. The minimum Gasteiger partial charge on any atom is -0.309 e. The van der Waals surface area contributed by atoms with Crippen LogP contribution in [0.1, 0.15) is 0 Å². The standard InChI is InChI=1S/C46H31N3/c1-4-14-32(15-5-1)34-24-26-35(27-25-34)42-31-43(48-46(47-42)36-18-8-3-9-19-36)38-28-37(33-16-6-2-7-17-33)29-39(30-38)49-44-22-12-10-20-40(44)41-21-11-13-23-45(41)49/h1-31H. The molecular weight excluding hydrogens is 595 g/mol. The van der Waals surface area contributed by atoms with Crippen LogP contribution in [0.3, 0.4) is 0 Å². The molecule has 0 aliphatic heterocycles. The molecule has 9 rings (SSSR count). The van der Waals surface area contributed by atoms with E-state index in [4.69, 9.17) is 9.97 Å². The van der Waals surface area contributed by atoms with Gasteiger partial charge in [-0.1, -0.05) is 152 Å². The van der Waals surface area contributed by atoms with E-state index in [0.29, 0.717) is 5.82 Å². The van der Waals surface area contributed by atoms with E-state index in [1.165, 1.54) is 32.9 Å². The summed E-state index contributed by atoms with van der Waals surface area (Å²) in [7, 11) is 0. The van der Waals surface area contributed by atoms with Gasteiger partial charge < -0.3 is 4.57 Å². The zero-order chi connectivity index (χ0) is 32.6. The molecule has 0 aliphatic rings. The van der Waals surface area contributed by atoms with E-state index < -0.39 is 0 Å². The van der Waals surface area contributed by atoms with Crippen molar-refractivity contribution in [3.8, 4) is 61.8 Å². The molecule has 2 aromatic heterocycles. The Labute approximate surface area is 285 Å². The quantitative estimate of drug-likeness (QED) is 0.184. The van der Waals surface area contributed by atoms with Gasteiger partial charge in [0.2, 0.25) is 0 Å². The molecule has 230 valence electrons. The highest BCUT2D eigenvalue weighted by molar-refractivity contribution is 6.09. The lowest BCUT2D eigenvalue weighted by Crippen LogP contribution is -1.99. The highest BCUT2D eigenvalue weighted by Crippen LogP contribution is 2.37. The monoisotopic (exact) mass is 625 g/mol. The van der Waals surface area contributed by atoms with Crippen molar-refractivity contribution < 1.29 is 0 Å². The van der Waals surface area contributed by atoms with E-state index in [1.54, 1.807) is 0 Å². The van der Waals surface area contributed by atoms with Crippen molar-refractivity contribution in [2.45, 2.75) is 0 Å². The predicted octanol–water partition coefficient (Wildman–Crippen LogP) is 11.9. The number of hydrogen-bond donors (Lipinski definition) is 0. The van der Waals surface area contributed by atoms with E-state index in [2.05, 4.69) is 168 Å². The van der Waals surface area contributed by atoms with Gasteiger partial charge in [-0.15, -0.1) is 0 Å². The molecule has 0 fully saturated rings. The van der Waals surface area contributed by atoms with Crippen LogP contribution >= 0.6 is 0 Å². The minimum atomic E-state index is 0.698. The molecule has 7 aromatic carbocycles. The summed E-state index contributed by atoms with van der Waals surface area (Å²) >= 11 is 0. The summed E-state index contributed by atoms with van der Waals surface area (Å²) in [5, 5.41) is 2.47. The molecule has 49 heavy (non-hydrogen) atoms. The molecule has 3 heteroatoms. The maximum absolute atomic E-state index is 5.23. The Bertz CT molecular complexity index is 2520. The zero-order valence-electron chi connectivity index (χ0n) is 26.7. The SMILES string of the molecule is c1ccc(-c2ccc(-c3cc(-c4cc(-c5ccccc5)cc(-n5c6ccccc6c6ccccc65)c4)nc(-c4ccccc4)n3)cc2)cc1. The third-order valence-corrected chi connectivity index (χ3v) is 9.20. The molecule has 0 saturated carbocycles. The van der Waals surface area contributed by atoms with Crippen molar-refractivity contribution in [1.82, 2.24) is 14.5 Å². The second kappa shape index (κ2) is 12.2. The van der Waals surface area contributed by atoms with E-state index in [-0.39, 0.29) is 0 Å².